The van der Waals surface area contributed by atoms with Crippen LogP contribution in [-0.4, -0.2) is 18.5 Å². The van der Waals surface area contributed by atoms with Crippen molar-refractivity contribution in [2.75, 3.05) is 6.61 Å². The molecule has 116 valence electrons. The fraction of sp³-hybridized carbons (Fsp3) is 0.167. The number of esters is 1. The van der Waals surface area contributed by atoms with Crippen molar-refractivity contribution in [3.05, 3.63) is 71.3 Å². The van der Waals surface area contributed by atoms with Crippen molar-refractivity contribution < 1.29 is 14.3 Å². The van der Waals surface area contributed by atoms with Crippen LogP contribution < -0.4 is 5.32 Å². The number of carbonyl (C=O) groups is 2. The smallest absolute Gasteiger partial charge is 0.333 e. The normalized spacial score (nSPS) is 11.1. The molecule has 1 unspecified atom stereocenters. The van der Waals surface area contributed by atoms with Crippen LogP contribution in [0.5, 0.6) is 0 Å². The standard InChI is InChI=1S/C18H16N2O3/c1-2-23-18(22)16(14-8-4-3-5-9-14)20-17(21)15-10-6-7-13(11-15)12-19/h3-11,16H,2H2,1H3,(H,20,21). The molecule has 0 aliphatic rings. The van der Waals surface area contributed by atoms with Gasteiger partial charge in [-0.15, -0.1) is 0 Å². The highest BCUT2D eigenvalue weighted by atomic mass is 16.5. The predicted molar refractivity (Wildman–Crippen MR) is 84.4 cm³/mol. The van der Waals surface area contributed by atoms with Gasteiger partial charge in [-0.05, 0) is 30.7 Å². The van der Waals surface area contributed by atoms with E-state index in [-0.39, 0.29) is 6.61 Å². The lowest BCUT2D eigenvalue weighted by atomic mass is 10.1. The summed E-state index contributed by atoms with van der Waals surface area (Å²) in [6.45, 7) is 1.93. The maximum absolute atomic E-state index is 12.4. The second kappa shape index (κ2) is 7.76. The van der Waals surface area contributed by atoms with Crippen molar-refractivity contribution >= 4 is 11.9 Å². The van der Waals surface area contributed by atoms with E-state index in [1.807, 2.05) is 12.1 Å². The predicted octanol–water partition coefficient (Wildman–Crippen LogP) is 2.59. The van der Waals surface area contributed by atoms with Crippen molar-refractivity contribution in [2.24, 2.45) is 0 Å². The van der Waals surface area contributed by atoms with E-state index in [4.69, 9.17) is 10.00 Å². The quantitative estimate of drug-likeness (QED) is 0.861. The average Bonchev–Trinajstić information content (AvgIpc) is 2.60. The Bertz CT molecular complexity index is 735. The van der Waals surface area contributed by atoms with E-state index in [0.29, 0.717) is 16.7 Å². The molecule has 0 aliphatic heterocycles. The van der Waals surface area contributed by atoms with Gasteiger partial charge in [-0.25, -0.2) is 4.79 Å². The van der Waals surface area contributed by atoms with Gasteiger partial charge in [0.2, 0.25) is 0 Å². The topological polar surface area (TPSA) is 79.2 Å². The second-order valence-corrected chi connectivity index (χ2v) is 4.76. The molecule has 0 heterocycles. The summed E-state index contributed by atoms with van der Waals surface area (Å²) in [5.41, 5.74) is 1.33. The summed E-state index contributed by atoms with van der Waals surface area (Å²) >= 11 is 0. The van der Waals surface area contributed by atoms with Crippen LogP contribution in [0, 0.1) is 11.3 Å². The van der Waals surface area contributed by atoms with Gasteiger partial charge in [0.1, 0.15) is 0 Å². The molecule has 5 nitrogen and oxygen atoms in total. The highest BCUT2D eigenvalue weighted by molar-refractivity contribution is 5.97. The van der Waals surface area contributed by atoms with Crippen LogP contribution in [0.25, 0.3) is 0 Å². The highest BCUT2D eigenvalue weighted by Crippen LogP contribution is 2.16. The van der Waals surface area contributed by atoms with E-state index in [1.165, 1.54) is 6.07 Å². The van der Waals surface area contributed by atoms with Crippen LogP contribution in [0.2, 0.25) is 0 Å². The van der Waals surface area contributed by atoms with Gasteiger partial charge in [0.25, 0.3) is 5.91 Å². The molecule has 0 spiro atoms. The molecule has 2 rings (SSSR count). The van der Waals surface area contributed by atoms with Crippen molar-refractivity contribution in [2.45, 2.75) is 13.0 Å². The average molecular weight is 308 g/mol. The molecule has 0 aromatic heterocycles. The van der Waals surface area contributed by atoms with Gasteiger partial charge in [-0.2, -0.15) is 5.26 Å². The van der Waals surface area contributed by atoms with Gasteiger partial charge < -0.3 is 10.1 Å². The van der Waals surface area contributed by atoms with Crippen LogP contribution in [0.15, 0.2) is 54.6 Å². The first-order valence-electron chi connectivity index (χ1n) is 7.18. The summed E-state index contributed by atoms with van der Waals surface area (Å²) in [6, 6.07) is 16.2. The third-order valence-corrected chi connectivity index (χ3v) is 3.18. The number of benzene rings is 2. The number of ether oxygens (including phenoxy) is 1. The van der Waals surface area contributed by atoms with Crippen LogP contribution in [0.3, 0.4) is 0 Å². The van der Waals surface area contributed by atoms with Crippen molar-refractivity contribution in [1.29, 1.82) is 5.26 Å². The Balaban J connectivity index is 2.25. The Labute approximate surface area is 134 Å². The van der Waals surface area contributed by atoms with E-state index >= 15 is 0 Å². The van der Waals surface area contributed by atoms with E-state index in [2.05, 4.69) is 5.32 Å². The molecule has 0 bridgehead atoms. The number of nitriles is 1. The Morgan fingerprint density at radius 2 is 1.91 bits per heavy atom. The maximum atomic E-state index is 12.4. The zero-order valence-electron chi connectivity index (χ0n) is 12.7. The van der Waals surface area contributed by atoms with Crippen LogP contribution >= 0.6 is 0 Å². The zero-order valence-corrected chi connectivity index (χ0v) is 12.7. The van der Waals surface area contributed by atoms with Crippen molar-refractivity contribution in [1.82, 2.24) is 5.32 Å². The maximum Gasteiger partial charge on any atom is 0.333 e. The van der Waals surface area contributed by atoms with Crippen molar-refractivity contribution in [3.8, 4) is 6.07 Å². The number of hydrogen-bond acceptors (Lipinski definition) is 4. The SMILES string of the molecule is CCOC(=O)C(NC(=O)c1cccc(C#N)c1)c1ccccc1. The van der Waals surface area contributed by atoms with Gasteiger partial charge in [-0.1, -0.05) is 36.4 Å². The summed E-state index contributed by atoms with van der Waals surface area (Å²) in [7, 11) is 0. The second-order valence-electron chi connectivity index (χ2n) is 4.76. The van der Waals surface area contributed by atoms with Crippen LogP contribution in [0.1, 0.15) is 34.5 Å². The first kappa shape index (κ1) is 16.2. The largest absolute Gasteiger partial charge is 0.464 e. The molecule has 0 aliphatic carbocycles. The van der Waals surface area contributed by atoms with E-state index in [9.17, 15) is 9.59 Å². The Kier molecular flexibility index (Phi) is 5.48. The van der Waals surface area contributed by atoms with E-state index in [0.717, 1.165) is 0 Å². The molecule has 2 aromatic rings. The molecular formula is C18H16N2O3. The lowest BCUT2D eigenvalue weighted by Crippen LogP contribution is -2.35. The number of nitrogens with zero attached hydrogens (tertiary/aromatic N) is 1. The fourth-order valence-electron chi connectivity index (χ4n) is 2.09. The minimum Gasteiger partial charge on any atom is -0.464 e. The molecule has 1 N–H and O–H groups in total. The summed E-state index contributed by atoms with van der Waals surface area (Å²) in [6.07, 6.45) is 0. The van der Waals surface area contributed by atoms with Gasteiger partial charge in [0.05, 0.1) is 18.2 Å². The summed E-state index contributed by atoms with van der Waals surface area (Å²) in [5.74, 6) is -0.965. The number of carbonyl (C=O) groups excluding carboxylic acids is 2. The number of amides is 1. The van der Waals surface area contributed by atoms with Gasteiger partial charge in [0, 0.05) is 5.56 Å². The molecule has 0 fully saturated rings. The minimum absolute atomic E-state index is 0.224. The van der Waals surface area contributed by atoms with Crippen LogP contribution in [-0.2, 0) is 9.53 Å². The zero-order chi connectivity index (χ0) is 16.7. The Morgan fingerprint density at radius 3 is 2.57 bits per heavy atom. The lowest BCUT2D eigenvalue weighted by Gasteiger charge is -2.17. The Morgan fingerprint density at radius 1 is 1.17 bits per heavy atom. The molecule has 0 saturated heterocycles. The van der Waals surface area contributed by atoms with E-state index in [1.54, 1.807) is 49.4 Å². The van der Waals surface area contributed by atoms with E-state index < -0.39 is 17.9 Å². The fourth-order valence-corrected chi connectivity index (χ4v) is 2.09. The minimum atomic E-state index is -0.894. The van der Waals surface area contributed by atoms with Gasteiger partial charge in [0.15, 0.2) is 6.04 Å². The molecule has 2 aromatic carbocycles. The third kappa shape index (κ3) is 4.17. The molecule has 1 amide bonds. The molecule has 23 heavy (non-hydrogen) atoms. The third-order valence-electron chi connectivity index (χ3n) is 3.18. The van der Waals surface area contributed by atoms with Gasteiger partial charge >= 0.3 is 5.97 Å². The number of rotatable bonds is 5. The number of nitrogens with one attached hydrogen (secondary N) is 1. The summed E-state index contributed by atoms with van der Waals surface area (Å²) in [4.78, 5) is 24.5. The molecular weight excluding hydrogens is 292 g/mol. The number of hydrogen-bond donors (Lipinski definition) is 1. The monoisotopic (exact) mass is 308 g/mol. The summed E-state index contributed by atoms with van der Waals surface area (Å²) in [5, 5.41) is 11.6. The molecule has 1 atom stereocenters. The molecule has 0 saturated carbocycles. The lowest BCUT2D eigenvalue weighted by molar-refractivity contribution is -0.145. The Hall–Kier alpha value is -3.13. The van der Waals surface area contributed by atoms with Crippen molar-refractivity contribution in [3.63, 3.8) is 0 Å². The molecule has 5 heteroatoms. The summed E-state index contributed by atoms with van der Waals surface area (Å²) < 4.78 is 5.03. The first-order chi connectivity index (χ1) is 11.2. The molecule has 0 radical (unpaired) electrons. The highest BCUT2D eigenvalue weighted by Gasteiger charge is 2.24. The van der Waals surface area contributed by atoms with Gasteiger partial charge in [-0.3, -0.25) is 4.79 Å². The first-order valence-corrected chi connectivity index (χ1v) is 7.18. The van der Waals surface area contributed by atoms with Crippen LogP contribution in [0.4, 0.5) is 0 Å².